The first-order chi connectivity index (χ1) is 17.4. The number of carbonyl (C=O) groups is 1. The molecule has 0 spiro atoms. The fraction of sp³-hybridized carbons (Fsp3) is 0.185. The van der Waals surface area contributed by atoms with Crippen LogP contribution in [0.3, 0.4) is 0 Å². The Morgan fingerprint density at radius 2 is 1.78 bits per heavy atom. The van der Waals surface area contributed by atoms with Gasteiger partial charge < -0.3 is 10.6 Å². The maximum atomic E-state index is 13.6. The van der Waals surface area contributed by atoms with Crippen LogP contribution >= 0.6 is 23.2 Å². The Bertz CT molecular complexity index is 1430. The van der Waals surface area contributed by atoms with Crippen LogP contribution in [0.1, 0.15) is 19.4 Å². The van der Waals surface area contributed by atoms with Crippen molar-refractivity contribution in [1.29, 1.82) is 0 Å². The van der Waals surface area contributed by atoms with Crippen LogP contribution in [0, 0.1) is 0 Å². The number of hydrogen-bond donors (Lipinski definition) is 2. The van der Waals surface area contributed by atoms with Crippen LogP contribution in [0.15, 0.2) is 72.2 Å². The fourth-order valence-electron chi connectivity index (χ4n) is 3.61. The Morgan fingerprint density at radius 3 is 2.39 bits per heavy atom. The summed E-state index contributed by atoms with van der Waals surface area (Å²) in [6.45, 7) is 7.81. The Morgan fingerprint density at radius 1 is 1.11 bits per heavy atom. The summed E-state index contributed by atoms with van der Waals surface area (Å²) < 4.78 is 1.61. The van der Waals surface area contributed by atoms with E-state index in [9.17, 15) is 9.59 Å². The molecule has 1 amide bonds. The monoisotopic (exact) mass is 523 g/mol. The van der Waals surface area contributed by atoms with Crippen molar-refractivity contribution < 1.29 is 4.79 Å². The van der Waals surface area contributed by atoms with Gasteiger partial charge in [0.2, 0.25) is 11.9 Å². The molecular formula is C27H27Cl2N5O2. The molecule has 2 heterocycles. The number of fused-ring (bicyclic) bond motifs is 1. The van der Waals surface area contributed by atoms with Crippen LogP contribution in [-0.4, -0.2) is 27.5 Å². The van der Waals surface area contributed by atoms with Crippen LogP contribution in [0.5, 0.6) is 0 Å². The SMILES string of the molecule is C=CC(=O)Nc1ccc(CCn2c(=O)c(-c3c(Cl)cccc3Cl)cc3cnc(NC)nc32)cc1.CC. The van der Waals surface area contributed by atoms with Crippen molar-refractivity contribution in [1.82, 2.24) is 14.5 Å². The van der Waals surface area contributed by atoms with E-state index >= 15 is 0 Å². The number of aromatic nitrogens is 3. The van der Waals surface area contributed by atoms with E-state index in [1.165, 1.54) is 6.08 Å². The first-order valence-corrected chi connectivity index (χ1v) is 12.2. The molecule has 0 radical (unpaired) electrons. The third-order valence-corrected chi connectivity index (χ3v) is 5.94. The van der Waals surface area contributed by atoms with E-state index in [4.69, 9.17) is 23.2 Å². The zero-order valence-electron chi connectivity index (χ0n) is 20.3. The first-order valence-electron chi connectivity index (χ1n) is 11.5. The highest BCUT2D eigenvalue weighted by Crippen LogP contribution is 2.33. The number of halogens is 2. The molecule has 0 fully saturated rings. The van der Waals surface area contributed by atoms with Crippen molar-refractivity contribution >= 4 is 51.8 Å². The average molecular weight is 524 g/mol. The van der Waals surface area contributed by atoms with Gasteiger partial charge in [0.15, 0.2) is 0 Å². The van der Waals surface area contributed by atoms with Crippen molar-refractivity contribution in [3.05, 3.63) is 93.3 Å². The van der Waals surface area contributed by atoms with Crippen molar-refractivity contribution in [3.8, 4) is 11.1 Å². The lowest BCUT2D eigenvalue weighted by Gasteiger charge is -2.14. The summed E-state index contributed by atoms with van der Waals surface area (Å²) in [5.74, 6) is 0.132. The lowest BCUT2D eigenvalue weighted by atomic mass is 10.1. The minimum Gasteiger partial charge on any atom is -0.357 e. The highest BCUT2D eigenvalue weighted by Gasteiger charge is 2.17. The van der Waals surface area contributed by atoms with Gasteiger partial charge >= 0.3 is 0 Å². The van der Waals surface area contributed by atoms with Crippen molar-refractivity contribution in [3.63, 3.8) is 0 Å². The highest BCUT2D eigenvalue weighted by atomic mass is 35.5. The number of nitrogens with one attached hydrogen (secondary N) is 2. The van der Waals surface area contributed by atoms with Gasteiger partial charge in [-0.3, -0.25) is 14.2 Å². The van der Waals surface area contributed by atoms with E-state index in [-0.39, 0.29) is 11.5 Å². The number of aryl methyl sites for hydroxylation is 2. The number of nitrogens with zero attached hydrogens (tertiary/aromatic N) is 3. The quantitative estimate of drug-likeness (QED) is 0.281. The molecule has 0 bridgehead atoms. The summed E-state index contributed by atoms with van der Waals surface area (Å²) in [6.07, 6.45) is 3.43. The van der Waals surface area contributed by atoms with Gasteiger partial charge in [-0.25, -0.2) is 4.98 Å². The predicted octanol–water partition coefficient (Wildman–Crippen LogP) is 6.20. The molecule has 0 aliphatic carbocycles. The molecule has 2 aromatic heterocycles. The Labute approximate surface area is 219 Å². The third-order valence-electron chi connectivity index (χ3n) is 5.31. The molecule has 2 N–H and O–H groups in total. The van der Waals surface area contributed by atoms with Crippen molar-refractivity contribution in [2.24, 2.45) is 0 Å². The van der Waals surface area contributed by atoms with E-state index in [0.29, 0.717) is 56.8 Å². The molecule has 186 valence electrons. The van der Waals surface area contributed by atoms with Gasteiger partial charge in [0.1, 0.15) is 5.65 Å². The number of rotatable bonds is 7. The number of carbonyl (C=O) groups excluding carboxylic acids is 1. The molecule has 2 aromatic carbocycles. The molecule has 4 rings (SSSR count). The molecule has 0 unspecified atom stereocenters. The second-order valence-corrected chi connectivity index (χ2v) is 8.29. The molecule has 9 heteroatoms. The van der Waals surface area contributed by atoms with Crippen LogP contribution < -0.4 is 16.2 Å². The Kier molecular flexibility index (Phi) is 9.22. The lowest BCUT2D eigenvalue weighted by molar-refractivity contribution is -0.111. The van der Waals surface area contributed by atoms with E-state index in [0.717, 1.165) is 5.56 Å². The zero-order valence-corrected chi connectivity index (χ0v) is 21.8. The number of anilines is 2. The van der Waals surface area contributed by atoms with E-state index in [1.54, 1.807) is 54.2 Å². The summed E-state index contributed by atoms with van der Waals surface area (Å²) in [7, 11) is 1.72. The lowest BCUT2D eigenvalue weighted by Crippen LogP contribution is -2.24. The second kappa shape index (κ2) is 12.3. The molecular weight excluding hydrogens is 497 g/mol. The highest BCUT2D eigenvalue weighted by molar-refractivity contribution is 6.39. The molecule has 0 saturated heterocycles. The van der Waals surface area contributed by atoms with Crippen LogP contribution in [0.2, 0.25) is 10.0 Å². The largest absolute Gasteiger partial charge is 0.357 e. The van der Waals surface area contributed by atoms with Gasteiger partial charge in [0.25, 0.3) is 5.56 Å². The molecule has 7 nitrogen and oxygen atoms in total. The molecule has 0 saturated carbocycles. The molecule has 0 atom stereocenters. The summed E-state index contributed by atoms with van der Waals surface area (Å²) in [5.41, 5.74) is 2.76. The standard InChI is InChI=1S/C25H21Cl2N5O2.C2H6/c1-3-21(33)30-17-9-7-15(8-10-17)11-12-32-23-16(14-29-25(28-2)31-23)13-18(24(32)34)22-19(26)5-4-6-20(22)27;1-2/h3-10,13-14H,1,11-12H2,2H3,(H,30,33)(H,28,29,31);1-2H3. The smallest absolute Gasteiger partial charge is 0.260 e. The number of hydrogen-bond acceptors (Lipinski definition) is 5. The maximum absolute atomic E-state index is 13.6. The van der Waals surface area contributed by atoms with Gasteiger partial charge in [0.05, 0.1) is 15.6 Å². The Hall–Kier alpha value is -3.68. The average Bonchev–Trinajstić information content (AvgIpc) is 2.90. The van der Waals surface area contributed by atoms with Crippen molar-refractivity contribution in [2.75, 3.05) is 17.7 Å². The minimum absolute atomic E-state index is 0.252. The van der Waals surface area contributed by atoms with E-state index in [1.807, 2.05) is 26.0 Å². The Balaban J connectivity index is 0.00000176. The number of pyridine rings is 1. The molecule has 0 aliphatic rings. The zero-order chi connectivity index (χ0) is 26.2. The normalized spacial score (nSPS) is 10.4. The van der Waals surface area contributed by atoms with Gasteiger partial charge in [-0.15, -0.1) is 0 Å². The molecule has 0 aliphatic heterocycles. The van der Waals surface area contributed by atoms with Gasteiger partial charge in [-0.05, 0) is 48.4 Å². The maximum Gasteiger partial charge on any atom is 0.260 e. The van der Waals surface area contributed by atoms with Gasteiger partial charge in [0, 0.05) is 36.4 Å². The fourth-order valence-corrected chi connectivity index (χ4v) is 4.21. The van der Waals surface area contributed by atoms with Crippen LogP contribution in [0.4, 0.5) is 11.6 Å². The summed E-state index contributed by atoms with van der Waals surface area (Å²) in [6, 6.07) is 14.3. The van der Waals surface area contributed by atoms with Gasteiger partial charge in [-0.2, -0.15) is 4.98 Å². The van der Waals surface area contributed by atoms with Crippen LogP contribution in [0.25, 0.3) is 22.2 Å². The first kappa shape index (κ1) is 26.9. The third kappa shape index (κ3) is 5.93. The van der Waals surface area contributed by atoms with Gasteiger partial charge in [-0.1, -0.05) is 61.8 Å². The summed E-state index contributed by atoms with van der Waals surface area (Å²) in [4.78, 5) is 33.9. The van der Waals surface area contributed by atoms with Crippen molar-refractivity contribution in [2.45, 2.75) is 26.8 Å². The second-order valence-electron chi connectivity index (χ2n) is 7.47. The van der Waals surface area contributed by atoms with E-state index in [2.05, 4.69) is 27.2 Å². The van der Waals surface area contributed by atoms with Crippen LogP contribution in [-0.2, 0) is 17.8 Å². The predicted molar refractivity (Wildman–Crippen MR) is 149 cm³/mol. The molecule has 36 heavy (non-hydrogen) atoms. The number of benzene rings is 2. The topological polar surface area (TPSA) is 88.9 Å². The minimum atomic E-state index is -0.277. The number of amides is 1. The summed E-state index contributed by atoms with van der Waals surface area (Å²) in [5, 5.41) is 7.09. The summed E-state index contributed by atoms with van der Waals surface area (Å²) >= 11 is 12.8. The molecule has 4 aromatic rings. The van der Waals surface area contributed by atoms with E-state index < -0.39 is 0 Å².